The molecule has 0 aliphatic carbocycles. The van der Waals surface area contributed by atoms with Crippen molar-refractivity contribution in [1.82, 2.24) is 4.98 Å². The minimum atomic E-state index is -0.593. The van der Waals surface area contributed by atoms with Crippen molar-refractivity contribution < 1.29 is 0 Å². The highest BCUT2D eigenvalue weighted by Crippen LogP contribution is 2.32. The van der Waals surface area contributed by atoms with Gasteiger partial charge in [0, 0.05) is 25.3 Å². The number of nitrogens with two attached hydrogens (primary N) is 1. The minimum absolute atomic E-state index is 0.0300. The Labute approximate surface area is 128 Å². The molecule has 110 valence electrons. The molecule has 1 heterocycles. The van der Waals surface area contributed by atoms with E-state index in [1.54, 1.807) is 6.07 Å². The van der Waals surface area contributed by atoms with Crippen LogP contribution in [0.2, 0.25) is 0 Å². The van der Waals surface area contributed by atoms with Gasteiger partial charge >= 0.3 is 0 Å². The van der Waals surface area contributed by atoms with Crippen LogP contribution in [0, 0.1) is 29.6 Å². The Kier molecular flexibility index (Phi) is 3.87. The number of rotatable bonds is 2. The van der Waals surface area contributed by atoms with Crippen molar-refractivity contribution >= 4 is 11.5 Å². The van der Waals surface area contributed by atoms with Crippen LogP contribution < -0.4 is 16.2 Å². The predicted octanol–water partition coefficient (Wildman–Crippen LogP) is 1.74. The number of nitrogen functional groups attached to an aromatic ring is 1. The fraction of sp³-hybridized carbons (Fsp3) is 0.188. The minimum Gasteiger partial charge on any atom is -0.384 e. The topological polar surface area (TPSA) is 110 Å². The molecule has 0 spiro atoms. The number of nitriles is 2. The van der Waals surface area contributed by atoms with Crippen molar-refractivity contribution in [1.29, 1.82) is 10.5 Å². The van der Waals surface area contributed by atoms with Crippen LogP contribution >= 0.6 is 0 Å². The van der Waals surface area contributed by atoms with Gasteiger partial charge in [0.15, 0.2) is 0 Å². The molecule has 1 aromatic carbocycles. The Morgan fingerprint density at radius 1 is 1.18 bits per heavy atom. The molecule has 0 fully saturated rings. The highest BCUT2D eigenvalue weighted by Gasteiger charge is 2.19. The average molecular weight is 293 g/mol. The Morgan fingerprint density at radius 2 is 1.82 bits per heavy atom. The van der Waals surface area contributed by atoms with Gasteiger partial charge in [-0.3, -0.25) is 4.79 Å². The Morgan fingerprint density at radius 3 is 2.32 bits per heavy atom. The number of hydrogen-bond acceptors (Lipinski definition) is 5. The zero-order valence-electron chi connectivity index (χ0n) is 12.6. The molecule has 0 aliphatic rings. The molecule has 6 heteroatoms. The van der Waals surface area contributed by atoms with Crippen LogP contribution in [0.3, 0.4) is 0 Å². The maximum absolute atomic E-state index is 11.9. The second-order valence-corrected chi connectivity index (χ2v) is 5.11. The van der Waals surface area contributed by atoms with Crippen LogP contribution in [0.4, 0.5) is 11.5 Å². The lowest BCUT2D eigenvalue weighted by atomic mass is 9.93. The third-order valence-corrected chi connectivity index (χ3v) is 3.46. The molecule has 0 radical (unpaired) electrons. The van der Waals surface area contributed by atoms with Crippen LogP contribution in [0.1, 0.15) is 16.7 Å². The van der Waals surface area contributed by atoms with Gasteiger partial charge in [0.25, 0.3) is 5.56 Å². The van der Waals surface area contributed by atoms with Gasteiger partial charge in [0.1, 0.15) is 29.1 Å². The van der Waals surface area contributed by atoms with E-state index in [0.29, 0.717) is 5.56 Å². The summed E-state index contributed by atoms with van der Waals surface area (Å²) in [6, 6.07) is 9.42. The molecule has 6 nitrogen and oxygen atoms in total. The summed E-state index contributed by atoms with van der Waals surface area (Å²) in [7, 11) is 3.84. The van der Waals surface area contributed by atoms with E-state index in [-0.39, 0.29) is 22.5 Å². The molecule has 1 aromatic heterocycles. The summed E-state index contributed by atoms with van der Waals surface area (Å²) in [6.45, 7) is 1.86. The molecule has 0 unspecified atom stereocenters. The summed E-state index contributed by atoms with van der Waals surface area (Å²) in [5, 5.41) is 18.6. The number of hydrogen-bond donors (Lipinski definition) is 2. The molecule has 22 heavy (non-hydrogen) atoms. The van der Waals surface area contributed by atoms with E-state index in [4.69, 9.17) is 5.73 Å². The lowest BCUT2D eigenvalue weighted by molar-refractivity contribution is 1.13. The third-order valence-electron chi connectivity index (χ3n) is 3.46. The number of aryl methyl sites for hydroxylation is 1. The number of nitrogens with zero attached hydrogens (tertiary/aromatic N) is 3. The van der Waals surface area contributed by atoms with Gasteiger partial charge in [-0.15, -0.1) is 0 Å². The number of H-pyrrole nitrogens is 1. The highest BCUT2D eigenvalue weighted by molar-refractivity contribution is 5.82. The zero-order chi connectivity index (χ0) is 16.4. The first-order valence-corrected chi connectivity index (χ1v) is 6.55. The summed E-state index contributed by atoms with van der Waals surface area (Å²) >= 11 is 0. The molecule has 2 rings (SSSR count). The van der Waals surface area contributed by atoms with Gasteiger partial charge in [-0.05, 0) is 30.2 Å². The Hall–Kier alpha value is -3.25. The van der Waals surface area contributed by atoms with Crippen molar-refractivity contribution in [3.63, 3.8) is 0 Å². The molecule has 0 saturated heterocycles. The van der Waals surface area contributed by atoms with Crippen LogP contribution in [0.25, 0.3) is 11.1 Å². The normalized spacial score (nSPS) is 9.86. The van der Waals surface area contributed by atoms with Gasteiger partial charge in [0.2, 0.25) is 0 Å². The van der Waals surface area contributed by atoms with Crippen molar-refractivity contribution in [3.05, 3.63) is 45.2 Å². The monoisotopic (exact) mass is 293 g/mol. The first-order chi connectivity index (χ1) is 10.4. The van der Waals surface area contributed by atoms with Crippen molar-refractivity contribution in [2.24, 2.45) is 0 Å². The smallest absolute Gasteiger partial charge is 0.268 e. The van der Waals surface area contributed by atoms with Gasteiger partial charge in [-0.25, -0.2) is 0 Å². The van der Waals surface area contributed by atoms with Gasteiger partial charge in [-0.1, -0.05) is 6.07 Å². The maximum Gasteiger partial charge on any atom is 0.268 e. The van der Waals surface area contributed by atoms with Gasteiger partial charge in [-0.2, -0.15) is 10.5 Å². The molecule has 0 bridgehead atoms. The number of aromatic nitrogens is 1. The number of benzene rings is 1. The summed E-state index contributed by atoms with van der Waals surface area (Å²) in [4.78, 5) is 16.2. The molecule has 0 atom stereocenters. The molecule has 0 aliphatic heterocycles. The molecule has 0 saturated carbocycles. The Bertz CT molecular complexity index is 881. The van der Waals surface area contributed by atoms with E-state index < -0.39 is 5.56 Å². The van der Waals surface area contributed by atoms with E-state index >= 15 is 0 Å². The maximum atomic E-state index is 11.9. The first kappa shape index (κ1) is 15.1. The van der Waals surface area contributed by atoms with E-state index in [2.05, 4.69) is 4.98 Å². The molecule has 2 aromatic rings. The molecular formula is C16H15N5O. The second-order valence-electron chi connectivity index (χ2n) is 5.11. The van der Waals surface area contributed by atoms with Crippen LogP contribution in [0.5, 0.6) is 0 Å². The number of nitrogens with one attached hydrogen (secondary N) is 1. The average Bonchev–Trinajstić information content (AvgIpc) is 2.46. The van der Waals surface area contributed by atoms with Crippen molar-refractivity contribution in [3.8, 4) is 23.3 Å². The fourth-order valence-electron chi connectivity index (χ4n) is 2.32. The summed E-state index contributed by atoms with van der Waals surface area (Å²) < 4.78 is 0. The van der Waals surface area contributed by atoms with E-state index in [0.717, 1.165) is 11.3 Å². The number of aromatic amines is 1. The SMILES string of the molecule is Cc1cc(N(C)C)ccc1-c1c(C#N)c(N)[nH]c(=O)c1C#N. The lowest BCUT2D eigenvalue weighted by Gasteiger charge is -2.16. The van der Waals surface area contributed by atoms with Crippen LogP contribution in [-0.4, -0.2) is 19.1 Å². The molecular weight excluding hydrogens is 278 g/mol. The number of anilines is 2. The largest absolute Gasteiger partial charge is 0.384 e. The van der Waals surface area contributed by atoms with Crippen molar-refractivity contribution in [2.45, 2.75) is 6.92 Å². The molecule has 3 N–H and O–H groups in total. The van der Waals surface area contributed by atoms with Crippen molar-refractivity contribution in [2.75, 3.05) is 24.7 Å². The van der Waals surface area contributed by atoms with E-state index in [1.165, 1.54) is 0 Å². The summed E-state index contributed by atoms with van der Waals surface area (Å²) in [6.07, 6.45) is 0. The van der Waals surface area contributed by atoms with Gasteiger partial charge in [0.05, 0.1) is 0 Å². The standard InChI is InChI=1S/C16H15N5O/c1-9-6-10(21(2)3)4-5-11(9)14-12(7-17)15(19)20-16(22)13(14)8-18/h4-6H,1-3H3,(H3,19,20,22). The van der Waals surface area contributed by atoms with Crippen LogP contribution in [0.15, 0.2) is 23.0 Å². The molecule has 0 amide bonds. The first-order valence-electron chi connectivity index (χ1n) is 6.55. The second kappa shape index (κ2) is 5.63. The highest BCUT2D eigenvalue weighted by atomic mass is 16.1. The number of pyridine rings is 1. The Balaban J connectivity index is 2.87. The van der Waals surface area contributed by atoms with Gasteiger partial charge < -0.3 is 15.6 Å². The third kappa shape index (κ3) is 2.38. The quantitative estimate of drug-likeness (QED) is 0.876. The van der Waals surface area contributed by atoms with E-state index in [1.807, 2.05) is 50.2 Å². The zero-order valence-corrected chi connectivity index (χ0v) is 12.6. The summed E-state index contributed by atoms with van der Waals surface area (Å²) in [5.41, 5.74) is 7.91. The summed E-state index contributed by atoms with van der Waals surface area (Å²) in [5.74, 6) is -0.0300. The predicted molar refractivity (Wildman–Crippen MR) is 85.4 cm³/mol. The fourth-order valence-corrected chi connectivity index (χ4v) is 2.32. The van der Waals surface area contributed by atoms with Crippen LogP contribution in [-0.2, 0) is 0 Å². The lowest BCUT2D eigenvalue weighted by Crippen LogP contribution is -2.16. The van der Waals surface area contributed by atoms with E-state index in [9.17, 15) is 15.3 Å².